The molecule has 0 aromatic heterocycles. The van der Waals surface area contributed by atoms with Crippen molar-refractivity contribution in [3.05, 3.63) is 35.9 Å². The predicted molar refractivity (Wildman–Crippen MR) is 95.9 cm³/mol. The van der Waals surface area contributed by atoms with Crippen molar-refractivity contribution in [2.75, 3.05) is 26.3 Å². The maximum Gasteiger partial charge on any atom is 0.223 e. The Balaban J connectivity index is 1.54. The molecule has 3 rings (SSSR count). The Morgan fingerprint density at radius 3 is 2.44 bits per heavy atom. The molecule has 5 nitrogen and oxygen atoms in total. The van der Waals surface area contributed by atoms with Crippen LogP contribution in [-0.2, 0) is 14.3 Å². The second kappa shape index (κ2) is 8.99. The minimum Gasteiger partial charge on any atom is -0.378 e. The lowest BCUT2D eigenvalue weighted by molar-refractivity contribution is -0.137. The van der Waals surface area contributed by atoms with E-state index in [1.54, 1.807) is 4.90 Å². The van der Waals surface area contributed by atoms with Gasteiger partial charge in [-0.1, -0.05) is 43.2 Å². The zero-order valence-electron chi connectivity index (χ0n) is 14.8. The molecule has 1 heterocycles. The Morgan fingerprint density at radius 2 is 1.76 bits per heavy atom. The molecule has 2 fully saturated rings. The van der Waals surface area contributed by atoms with Gasteiger partial charge in [0.2, 0.25) is 11.8 Å². The van der Waals surface area contributed by atoms with Gasteiger partial charge in [-0.15, -0.1) is 0 Å². The Morgan fingerprint density at radius 1 is 1.08 bits per heavy atom. The van der Waals surface area contributed by atoms with E-state index in [2.05, 4.69) is 17.4 Å². The normalized spacial score (nSPS) is 19.6. The van der Waals surface area contributed by atoms with Crippen LogP contribution >= 0.6 is 0 Å². The predicted octanol–water partition coefficient (Wildman–Crippen LogP) is 2.67. The lowest BCUT2D eigenvalue weighted by Crippen LogP contribution is -2.41. The van der Waals surface area contributed by atoms with Crippen molar-refractivity contribution in [3.63, 3.8) is 0 Å². The number of amides is 2. The van der Waals surface area contributed by atoms with Crippen LogP contribution in [0.15, 0.2) is 30.3 Å². The number of nitrogens with zero attached hydrogens (tertiary/aromatic N) is 1. The topological polar surface area (TPSA) is 58.6 Å². The van der Waals surface area contributed by atoms with Gasteiger partial charge in [0.15, 0.2) is 0 Å². The molecule has 1 aromatic rings. The van der Waals surface area contributed by atoms with Crippen molar-refractivity contribution in [2.45, 2.75) is 44.6 Å². The highest BCUT2D eigenvalue weighted by Gasteiger charge is 2.28. The van der Waals surface area contributed by atoms with Crippen LogP contribution in [0.2, 0.25) is 0 Å². The van der Waals surface area contributed by atoms with Crippen molar-refractivity contribution in [2.24, 2.45) is 5.92 Å². The molecule has 0 spiro atoms. The molecule has 1 aliphatic carbocycles. The smallest absolute Gasteiger partial charge is 0.223 e. The van der Waals surface area contributed by atoms with Gasteiger partial charge in [0.05, 0.1) is 19.3 Å². The molecule has 0 radical (unpaired) electrons. The van der Waals surface area contributed by atoms with E-state index in [1.807, 2.05) is 18.2 Å². The average molecular weight is 344 g/mol. The summed E-state index contributed by atoms with van der Waals surface area (Å²) in [4.78, 5) is 26.5. The van der Waals surface area contributed by atoms with Crippen molar-refractivity contribution in [1.29, 1.82) is 0 Å². The summed E-state index contributed by atoms with van der Waals surface area (Å²) in [6, 6.07) is 10.3. The maximum atomic E-state index is 12.5. The van der Waals surface area contributed by atoms with Gasteiger partial charge in [0.1, 0.15) is 0 Å². The summed E-state index contributed by atoms with van der Waals surface area (Å²) in [5, 5.41) is 3.20. The number of benzene rings is 1. The minimum absolute atomic E-state index is 0.0256. The molecule has 25 heavy (non-hydrogen) atoms. The van der Waals surface area contributed by atoms with Gasteiger partial charge in [0.25, 0.3) is 0 Å². The monoisotopic (exact) mass is 344 g/mol. The van der Waals surface area contributed by atoms with E-state index < -0.39 is 0 Å². The van der Waals surface area contributed by atoms with Gasteiger partial charge in [-0.05, 0) is 24.3 Å². The van der Waals surface area contributed by atoms with Crippen LogP contribution < -0.4 is 5.32 Å². The summed E-state index contributed by atoms with van der Waals surface area (Å²) in [5.41, 5.74) is 1.17. The highest BCUT2D eigenvalue weighted by Crippen LogP contribution is 2.35. The molecular weight excluding hydrogens is 316 g/mol. The largest absolute Gasteiger partial charge is 0.378 e. The first-order chi connectivity index (χ1) is 12.2. The molecule has 1 saturated carbocycles. The van der Waals surface area contributed by atoms with E-state index in [0.717, 1.165) is 12.8 Å². The Hall–Kier alpha value is -1.88. The van der Waals surface area contributed by atoms with E-state index >= 15 is 0 Å². The molecule has 1 aromatic carbocycles. The Bertz CT molecular complexity index is 564. The zero-order valence-corrected chi connectivity index (χ0v) is 14.8. The number of hydrogen-bond acceptors (Lipinski definition) is 3. The van der Waals surface area contributed by atoms with Crippen LogP contribution in [0, 0.1) is 5.92 Å². The maximum absolute atomic E-state index is 12.5. The second-order valence-electron chi connectivity index (χ2n) is 6.99. The molecule has 1 saturated heterocycles. The van der Waals surface area contributed by atoms with Crippen molar-refractivity contribution in [3.8, 4) is 0 Å². The lowest BCUT2D eigenvalue weighted by atomic mass is 9.91. The third-order valence-electron chi connectivity index (χ3n) is 5.28. The summed E-state index contributed by atoms with van der Waals surface area (Å²) in [5.74, 6) is 0.527. The van der Waals surface area contributed by atoms with Gasteiger partial charge in [-0.2, -0.15) is 0 Å². The van der Waals surface area contributed by atoms with E-state index in [4.69, 9.17) is 4.74 Å². The molecule has 1 N–H and O–H groups in total. The first kappa shape index (κ1) is 17.9. The number of carbonyl (C=O) groups is 2. The van der Waals surface area contributed by atoms with Crippen LogP contribution in [0.5, 0.6) is 0 Å². The van der Waals surface area contributed by atoms with E-state index in [1.165, 1.54) is 18.4 Å². The number of nitrogens with one attached hydrogen (secondary N) is 1. The fourth-order valence-corrected chi connectivity index (χ4v) is 3.86. The molecule has 1 unspecified atom stereocenters. The minimum atomic E-state index is -0.0256. The molecule has 2 amide bonds. The fraction of sp³-hybridized carbons (Fsp3) is 0.600. The van der Waals surface area contributed by atoms with Gasteiger partial charge in [-0.3, -0.25) is 9.59 Å². The van der Waals surface area contributed by atoms with Crippen molar-refractivity contribution < 1.29 is 14.3 Å². The van der Waals surface area contributed by atoms with Crippen molar-refractivity contribution >= 4 is 11.8 Å². The molecule has 0 bridgehead atoms. The summed E-state index contributed by atoms with van der Waals surface area (Å²) < 4.78 is 5.26. The van der Waals surface area contributed by atoms with Crippen LogP contribution in [0.1, 0.15) is 50.1 Å². The number of ether oxygens (including phenoxy) is 1. The summed E-state index contributed by atoms with van der Waals surface area (Å²) in [6.07, 6.45) is 5.32. The van der Waals surface area contributed by atoms with Crippen LogP contribution in [-0.4, -0.2) is 43.0 Å². The van der Waals surface area contributed by atoms with Gasteiger partial charge in [0, 0.05) is 25.9 Å². The number of rotatable bonds is 6. The summed E-state index contributed by atoms with van der Waals surface area (Å²) in [6.45, 7) is 2.45. The zero-order chi connectivity index (χ0) is 17.5. The number of morpholine rings is 1. The second-order valence-corrected chi connectivity index (χ2v) is 6.99. The van der Waals surface area contributed by atoms with E-state index in [9.17, 15) is 9.59 Å². The highest BCUT2D eigenvalue weighted by molar-refractivity contribution is 5.84. The van der Waals surface area contributed by atoms with Gasteiger partial charge < -0.3 is 15.0 Å². The van der Waals surface area contributed by atoms with E-state index in [-0.39, 0.29) is 30.7 Å². The van der Waals surface area contributed by atoms with E-state index in [0.29, 0.717) is 32.2 Å². The van der Waals surface area contributed by atoms with Crippen LogP contribution in [0.3, 0.4) is 0 Å². The average Bonchev–Trinajstić information content (AvgIpc) is 3.20. The standard InChI is InChI=1S/C20H28N2O3/c23-18(10-11-19(24)22-12-14-25-15-13-22)21-20(17-8-4-5-9-17)16-6-2-1-3-7-16/h1-3,6-7,17,20H,4-5,8-15H2,(H,21,23). The summed E-state index contributed by atoms with van der Waals surface area (Å²) >= 11 is 0. The SMILES string of the molecule is O=C(CCC(=O)N1CCOCC1)NC(c1ccccc1)C1CCCC1. The molecule has 1 atom stereocenters. The third-order valence-corrected chi connectivity index (χ3v) is 5.28. The summed E-state index contributed by atoms with van der Waals surface area (Å²) in [7, 11) is 0. The van der Waals surface area contributed by atoms with Crippen molar-refractivity contribution in [1.82, 2.24) is 10.2 Å². The third kappa shape index (κ3) is 5.05. The Kier molecular flexibility index (Phi) is 6.45. The molecule has 2 aliphatic rings. The number of carbonyl (C=O) groups excluding carboxylic acids is 2. The first-order valence-electron chi connectivity index (χ1n) is 9.44. The fourth-order valence-electron chi connectivity index (χ4n) is 3.86. The highest BCUT2D eigenvalue weighted by atomic mass is 16.5. The quantitative estimate of drug-likeness (QED) is 0.863. The molecule has 5 heteroatoms. The molecule has 136 valence electrons. The number of hydrogen-bond donors (Lipinski definition) is 1. The van der Waals surface area contributed by atoms with Crippen LogP contribution in [0.4, 0.5) is 0 Å². The lowest BCUT2D eigenvalue weighted by Gasteiger charge is -2.27. The van der Waals surface area contributed by atoms with Gasteiger partial charge in [-0.25, -0.2) is 0 Å². The Labute approximate surface area is 149 Å². The van der Waals surface area contributed by atoms with Gasteiger partial charge >= 0.3 is 0 Å². The molecule has 1 aliphatic heterocycles. The first-order valence-corrected chi connectivity index (χ1v) is 9.44. The van der Waals surface area contributed by atoms with Crippen LogP contribution in [0.25, 0.3) is 0 Å². The molecular formula is C20H28N2O3.